The third kappa shape index (κ3) is 6.86. The Morgan fingerprint density at radius 1 is 0.979 bits per heavy atom. The third-order valence-corrected chi connectivity index (χ3v) is 10.4. The van der Waals surface area contributed by atoms with E-state index >= 15 is 0 Å². The number of carbonyl (C=O) groups is 2. The first-order valence-corrected chi connectivity index (χ1v) is 16.6. The number of benzene rings is 3. The van der Waals surface area contributed by atoms with E-state index in [0.717, 1.165) is 25.9 Å². The highest BCUT2D eigenvalue weighted by Gasteiger charge is 2.56. The van der Waals surface area contributed by atoms with E-state index in [9.17, 15) is 24.8 Å². The number of esters is 1. The minimum absolute atomic E-state index is 0.00813. The van der Waals surface area contributed by atoms with Gasteiger partial charge in [-0.25, -0.2) is 4.79 Å². The van der Waals surface area contributed by atoms with Crippen molar-refractivity contribution in [1.82, 2.24) is 10.2 Å². The first kappa shape index (κ1) is 34.8. The summed E-state index contributed by atoms with van der Waals surface area (Å²) in [6.07, 6.45) is 2.65. The number of methoxy groups -OCH3 is 1. The molecule has 3 aromatic carbocycles. The molecule has 0 saturated carbocycles. The van der Waals surface area contributed by atoms with Gasteiger partial charge in [0.25, 0.3) is 5.69 Å². The van der Waals surface area contributed by atoms with Crippen molar-refractivity contribution in [2.24, 2.45) is 5.41 Å². The Kier molecular flexibility index (Phi) is 11.0. The van der Waals surface area contributed by atoms with Crippen molar-refractivity contribution in [2.75, 3.05) is 40.0 Å². The number of allylic oxidation sites excluding steroid dienone is 1. The van der Waals surface area contributed by atoms with Crippen molar-refractivity contribution in [2.45, 2.75) is 56.9 Å². The number of hydrogen-bond acceptors (Lipinski definition) is 8. The number of aliphatic carboxylic acids is 1. The Bertz CT molecular complexity index is 1580. The molecule has 1 saturated heterocycles. The number of nitrogens with zero attached hydrogens (tertiary/aromatic N) is 2. The van der Waals surface area contributed by atoms with Gasteiger partial charge < -0.3 is 24.8 Å². The fourth-order valence-corrected chi connectivity index (χ4v) is 7.89. The van der Waals surface area contributed by atoms with E-state index in [1.54, 1.807) is 13.0 Å². The number of nitrogens with one attached hydrogen (secondary N) is 1. The largest absolute Gasteiger partial charge is 0.481 e. The molecule has 2 heterocycles. The van der Waals surface area contributed by atoms with Crippen molar-refractivity contribution in [1.29, 1.82) is 0 Å². The van der Waals surface area contributed by atoms with Crippen LogP contribution in [0.1, 0.15) is 62.1 Å². The van der Waals surface area contributed by atoms with Crippen molar-refractivity contribution in [3.8, 4) is 0 Å². The molecule has 2 aliphatic rings. The minimum atomic E-state index is -1.49. The van der Waals surface area contributed by atoms with Crippen LogP contribution in [0.5, 0.6) is 0 Å². The topological polar surface area (TPSA) is 131 Å². The second kappa shape index (κ2) is 15.1. The summed E-state index contributed by atoms with van der Waals surface area (Å²) in [6, 6.07) is 26.6. The van der Waals surface area contributed by atoms with Gasteiger partial charge in [0, 0.05) is 42.3 Å². The first-order valence-electron chi connectivity index (χ1n) is 16.6. The smallest absolute Gasteiger partial charge is 0.336 e. The summed E-state index contributed by atoms with van der Waals surface area (Å²) >= 11 is 0. The lowest BCUT2D eigenvalue weighted by Gasteiger charge is -2.48. The van der Waals surface area contributed by atoms with Gasteiger partial charge in [-0.1, -0.05) is 72.8 Å². The normalized spacial score (nSPS) is 22.5. The van der Waals surface area contributed by atoms with Crippen LogP contribution in [0.4, 0.5) is 5.69 Å². The standard InChI is InChI=1S/C38H45N3O7/c1-27-33(35(42)48-25-24-47-3)34(29-12-10-17-32(26-29)41(45)46)38(36(43)44,28(2)39-27)18-11-21-40-22-19-37(20-23-40,30-13-6-4-7-14-30)31-15-8-5-9-16-31/h4-10,12-17,26,28,34,39H,11,18-25H2,1-3H3,(H,43,44). The number of ether oxygens (including phenoxy) is 2. The van der Waals surface area contributed by atoms with E-state index in [2.05, 4.69) is 58.7 Å². The van der Waals surface area contributed by atoms with E-state index in [4.69, 9.17) is 9.47 Å². The average molecular weight is 656 g/mol. The zero-order valence-electron chi connectivity index (χ0n) is 27.9. The molecule has 3 atom stereocenters. The van der Waals surface area contributed by atoms with Gasteiger partial charge in [0.15, 0.2) is 0 Å². The van der Waals surface area contributed by atoms with Crippen LogP contribution in [0.15, 0.2) is 96.2 Å². The lowest BCUT2D eigenvalue weighted by atomic mass is 9.60. The predicted octanol–water partition coefficient (Wildman–Crippen LogP) is 6.07. The summed E-state index contributed by atoms with van der Waals surface area (Å²) in [5, 5.41) is 26.1. The van der Waals surface area contributed by atoms with Crippen LogP contribution in [-0.4, -0.2) is 72.9 Å². The Balaban J connectivity index is 1.41. The van der Waals surface area contributed by atoms with Crippen molar-refractivity contribution >= 4 is 17.6 Å². The van der Waals surface area contributed by atoms with E-state index < -0.39 is 34.2 Å². The maximum Gasteiger partial charge on any atom is 0.336 e. The fraction of sp³-hybridized carbons (Fsp3) is 0.421. The molecule has 3 unspecified atom stereocenters. The third-order valence-electron chi connectivity index (χ3n) is 10.4. The lowest BCUT2D eigenvalue weighted by molar-refractivity contribution is -0.384. The van der Waals surface area contributed by atoms with Crippen LogP contribution in [0.25, 0.3) is 0 Å². The summed E-state index contributed by atoms with van der Waals surface area (Å²) in [6.45, 7) is 6.08. The monoisotopic (exact) mass is 655 g/mol. The molecule has 2 N–H and O–H groups in total. The predicted molar refractivity (Wildman–Crippen MR) is 183 cm³/mol. The maximum absolute atomic E-state index is 13.6. The van der Waals surface area contributed by atoms with E-state index in [-0.39, 0.29) is 36.3 Å². The zero-order chi connectivity index (χ0) is 34.3. The highest BCUT2D eigenvalue weighted by Crippen LogP contribution is 2.52. The number of hydrogen-bond donors (Lipinski definition) is 2. The number of non-ortho nitro benzene ring substituents is 1. The summed E-state index contributed by atoms with van der Waals surface area (Å²) < 4.78 is 10.6. The van der Waals surface area contributed by atoms with Crippen LogP contribution in [0.2, 0.25) is 0 Å². The number of likely N-dealkylation sites (tertiary alicyclic amines) is 1. The zero-order valence-corrected chi connectivity index (χ0v) is 27.9. The van der Waals surface area contributed by atoms with E-state index in [1.807, 2.05) is 19.1 Å². The van der Waals surface area contributed by atoms with Gasteiger partial charge in [0.2, 0.25) is 0 Å². The van der Waals surface area contributed by atoms with Crippen LogP contribution in [0.3, 0.4) is 0 Å². The number of nitro groups is 1. The molecule has 48 heavy (non-hydrogen) atoms. The molecule has 10 heteroatoms. The molecule has 0 spiro atoms. The van der Waals surface area contributed by atoms with Gasteiger partial charge in [-0.05, 0) is 75.9 Å². The number of rotatable bonds is 13. The highest BCUT2D eigenvalue weighted by atomic mass is 16.6. The van der Waals surface area contributed by atoms with Gasteiger partial charge in [0.05, 0.1) is 22.5 Å². The molecule has 1 fully saturated rings. The molecule has 0 radical (unpaired) electrons. The Hall–Kier alpha value is -4.54. The van der Waals surface area contributed by atoms with Crippen LogP contribution >= 0.6 is 0 Å². The fourth-order valence-electron chi connectivity index (χ4n) is 7.89. The number of nitro benzene ring substituents is 1. The lowest BCUT2D eigenvalue weighted by Crippen LogP contribution is -2.57. The Labute approximate surface area is 281 Å². The minimum Gasteiger partial charge on any atom is -0.481 e. The highest BCUT2D eigenvalue weighted by molar-refractivity contribution is 5.94. The molecule has 0 aromatic heterocycles. The van der Waals surface area contributed by atoms with Gasteiger partial charge in [-0.2, -0.15) is 0 Å². The molecule has 0 amide bonds. The summed E-state index contributed by atoms with van der Waals surface area (Å²) in [5.74, 6) is -2.72. The number of carboxylic acid groups (broad SMARTS) is 1. The number of carbonyl (C=O) groups excluding carboxylic acids is 1. The molecule has 10 nitrogen and oxygen atoms in total. The molecule has 3 aromatic rings. The molecule has 254 valence electrons. The summed E-state index contributed by atoms with van der Waals surface area (Å²) in [4.78, 5) is 40.8. The molecule has 0 aliphatic carbocycles. The summed E-state index contributed by atoms with van der Waals surface area (Å²) in [5.41, 5.74) is 1.90. The van der Waals surface area contributed by atoms with Crippen LogP contribution < -0.4 is 5.32 Å². The van der Waals surface area contributed by atoms with Gasteiger partial charge >= 0.3 is 11.9 Å². The van der Waals surface area contributed by atoms with Crippen molar-refractivity contribution < 1.29 is 29.1 Å². The average Bonchev–Trinajstić information content (AvgIpc) is 3.10. The Morgan fingerprint density at radius 3 is 2.17 bits per heavy atom. The molecular weight excluding hydrogens is 610 g/mol. The first-order chi connectivity index (χ1) is 23.1. The van der Waals surface area contributed by atoms with E-state index in [0.29, 0.717) is 24.2 Å². The second-order valence-electron chi connectivity index (χ2n) is 12.9. The number of piperidine rings is 1. The van der Waals surface area contributed by atoms with Crippen molar-refractivity contribution in [3.05, 3.63) is 123 Å². The van der Waals surface area contributed by atoms with Gasteiger partial charge in [-0.15, -0.1) is 0 Å². The van der Waals surface area contributed by atoms with Gasteiger partial charge in [0.1, 0.15) is 6.61 Å². The Morgan fingerprint density at radius 2 is 1.60 bits per heavy atom. The number of carboxylic acids is 1. The summed E-state index contributed by atoms with van der Waals surface area (Å²) in [7, 11) is 1.50. The quantitative estimate of drug-likeness (QED) is 0.0975. The van der Waals surface area contributed by atoms with Crippen molar-refractivity contribution in [3.63, 3.8) is 0 Å². The van der Waals surface area contributed by atoms with Crippen LogP contribution in [-0.2, 0) is 24.5 Å². The molecular formula is C38H45N3O7. The molecule has 0 bridgehead atoms. The maximum atomic E-state index is 13.6. The molecule has 5 rings (SSSR count). The van der Waals surface area contributed by atoms with E-state index in [1.165, 1.54) is 36.4 Å². The van der Waals surface area contributed by atoms with Gasteiger partial charge in [-0.3, -0.25) is 14.9 Å². The molecule has 2 aliphatic heterocycles. The second-order valence-corrected chi connectivity index (χ2v) is 12.9. The van der Waals surface area contributed by atoms with Crippen LogP contribution in [0, 0.1) is 15.5 Å². The SMILES string of the molecule is COCCOC(=O)C1=C(C)NC(C)C(CCCN2CCC(c3ccccc3)(c3ccccc3)CC2)(C(=O)O)C1c1cccc([N+](=O)[O-])c1.